The molecule has 0 saturated carbocycles. The molecule has 0 unspecified atom stereocenters. The van der Waals surface area contributed by atoms with E-state index < -0.39 is 0 Å². The van der Waals surface area contributed by atoms with Crippen LogP contribution in [0.15, 0.2) is 140 Å². The van der Waals surface area contributed by atoms with Gasteiger partial charge in [0.25, 0.3) is 0 Å². The lowest BCUT2D eigenvalue weighted by atomic mass is 9.95. The highest BCUT2D eigenvalue weighted by Crippen LogP contribution is 2.37. The van der Waals surface area contributed by atoms with Crippen LogP contribution in [-0.4, -0.2) is 15.0 Å². The van der Waals surface area contributed by atoms with Gasteiger partial charge in [-0.2, -0.15) is 0 Å². The first-order valence-electron chi connectivity index (χ1n) is 13.6. The lowest BCUT2D eigenvalue weighted by molar-refractivity contribution is 1.08. The largest absolute Gasteiger partial charge is 0.208 e. The molecule has 2 heterocycles. The van der Waals surface area contributed by atoms with Crippen molar-refractivity contribution in [2.24, 2.45) is 0 Å². The molecule has 0 spiro atoms. The Bertz CT molecular complexity index is 2200. The Hall–Kier alpha value is -5.19. The monoisotopic (exact) mass is 541 g/mol. The van der Waals surface area contributed by atoms with Gasteiger partial charge in [0.15, 0.2) is 17.5 Å². The van der Waals surface area contributed by atoms with Gasteiger partial charge in [0.1, 0.15) is 0 Å². The van der Waals surface area contributed by atoms with Crippen LogP contribution in [0.2, 0.25) is 0 Å². The Labute approximate surface area is 241 Å². The van der Waals surface area contributed by atoms with Crippen molar-refractivity contribution in [1.82, 2.24) is 15.0 Å². The zero-order chi connectivity index (χ0) is 27.2. The van der Waals surface area contributed by atoms with Crippen molar-refractivity contribution in [1.29, 1.82) is 0 Å². The van der Waals surface area contributed by atoms with Gasteiger partial charge in [-0.3, -0.25) is 0 Å². The molecule has 6 aromatic carbocycles. The predicted octanol–water partition coefficient (Wildman–Crippen LogP) is 10.1. The molecule has 0 amide bonds. The molecule has 8 aromatic rings. The summed E-state index contributed by atoms with van der Waals surface area (Å²) in [4.78, 5) is 15.1. The van der Waals surface area contributed by atoms with Gasteiger partial charge in [-0.15, -0.1) is 11.3 Å². The van der Waals surface area contributed by atoms with Crippen LogP contribution in [0.3, 0.4) is 0 Å². The van der Waals surface area contributed by atoms with Gasteiger partial charge in [0.05, 0.1) is 0 Å². The molecule has 0 bridgehead atoms. The van der Waals surface area contributed by atoms with Gasteiger partial charge < -0.3 is 0 Å². The third kappa shape index (κ3) is 4.17. The first-order valence-corrected chi connectivity index (χ1v) is 14.4. The van der Waals surface area contributed by atoms with E-state index in [1.165, 1.54) is 36.7 Å². The van der Waals surface area contributed by atoms with Gasteiger partial charge >= 0.3 is 0 Å². The normalized spacial score (nSPS) is 11.4. The van der Waals surface area contributed by atoms with Crippen LogP contribution >= 0.6 is 11.3 Å². The lowest BCUT2D eigenvalue weighted by Gasteiger charge is -2.12. The van der Waals surface area contributed by atoms with Gasteiger partial charge in [0.2, 0.25) is 0 Å². The second kappa shape index (κ2) is 9.77. The molecule has 0 aliphatic heterocycles. The minimum Gasteiger partial charge on any atom is -0.208 e. The van der Waals surface area contributed by atoms with E-state index in [1.807, 2.05) is 35.6 Å². The van der Waals surface area contributed by atoms with Crippen molar-refractivity contribution < 1.29 is 0 Å². The molecule has 4 heteroatoms. The Morgan fingerprint density at radius 1 is 0.341 bits per heavy atom. The zero-order valence-corrected chi connectivity index (χ0v) is 22.8. The third-order valence-corrected chi connectivity index (χ3v) is 8.70. The first kappa shape index (κ1) is 23.7. The molecule has 0 aliphatic carbocycles. The number of benzene rings is 6. The Balaban J connectivity index is 1.36. The highest BCUT2D eigenvalue weighted by molar-refractivity contribution is 7.25. The van der Waals surface area contributed by atoms with E-state index in [2.05, 4.69) is 115 Å². The zero-order valence-electron chi connectivity index (χ0n) is 22.0. The summed E-state index contributed by atoms with van der Waals surface area (Å²) in [6.45, 7) is 0. The standard InChI is InChI=1S/C37H23N3S/c1-3-11-24(12-4-1)27-16-9-18-29-28(27)17-10-19-31(29)37-39-35(25-13-5-2-6-14-25)38-36(40-37)26-21-22-34-32(23-26)30-15-7-8-20-33(30)41-34/h1-23H. The molecule has 0 N–H and O–H groups in total. The van der Waals surface area contributed by atoms with E-state index in [0.29, 0.717) is 17.5 Å². The molecule has 8 rings (SSSR count). The molecule has 0 saturated heterocycles. The fourth-order valence-corrected chi connectivity index (χ4v) is 6.67. The second-order valence-electron chi connectivity index (χ2n) is 10.1. The summed E-state index contributed by atoms with van der Waals surface area (Å²) >= 11 is 1.81. The van der Waals surface area contributed by atoms with Crippen LogP contribution in [0.1, 0.15) is 0 Å². The Kier molecular flexibility index (Phi) is 5.64. The highest BCUT2D eigenvalue weighted by Gasteiger charge is 2.16. The molecular weight excluding hydrogens is 518 g/mol. The van der Waals surface area contributed by atoms with Crippen LogP contribution in [0.25, 0.3) is 76.2 Å². The van der Waals surface area contributed by atoms with E-state index in [-0.39, 0.29) is 0 Å². The smallest absolute Gasteiger partial charge is 0.164 e. The summed E-state index contributed by atoms with van der Waals surface area (Å²) < 4.78 is 2.54. The summed E-state index contributed by atoms with van der Waals surface area (Å²) in [5.74, 6) is 2.00. The maximum atomic E-state index is 5.10. The quantitative estimate of drug-likeness (QED) is 0.222. The maximum absolute atomic E-state index is 5.10. The van der Waals surface area contributed by atoms with Crippen molar-refractivity contribution in [2.45, 2.75) is 0 Å². The lowest BCUT2D eigenvalue weighted by Crippen LogP contribution is -2.00. The minimum absolute atomic E-state index is 0.664. The maximum Gasteiger partial charge on any atom is 0.164 e. The molecule has 3 nitrogen and oxygen atoms in total. The Morgan fingerprint density at radius 2 is 0.902 bits per heavy atom. The summed E-state index contributed by atoms with van der Waals surface area (Å²) in [5, 5.41) is 4.77. The van der Waals surface area contributed by atoms with Crippen molar-refractivity contribution in [3.63, 3.8) is 0 Å². The minimum atomic E-state index is 0.664. The molecule has 192 valence electrons. The Morgan fingerprint density at radius 3 is 1.68 bits per heavy atom. The molecule has 41 heavy (non-hydrogen) atoms. The average molecular weight is 542 g/mol. The predicted molar refractivity (Wildman–Crippen MR) is 172 cm³/mol. The summed E-state index contributed by atoms with van der Waals surface area (Å²) in [7, 11) is 0. The number of fused-ring (bicyclic) bond motifs is 4. The van der Waals surface area contributed by atoms with Gasteiger partial charge in [-0.1, -0.05) is 115 Å². The molecule has 0 atom stereocenters. The summed E-state index contributed by atoms with van der Waals surface area (Å²) in [5.41, 5.74) is 5.31. The third-order valence-electron chi connectivity index (χ3n) is 7.55. The number of aromatic nitrogens is 3. The van der Waals surface area contributed by atoms with E-state index >= 15 is 0 Å². The topological polar surface area (TPSA) is 38.7 Å². The van der Waals surface area contributed by atoms with Gasteiger partial charge in [-0.05, 0) is 46.2 Å². The van der Waals surface area contributed by atoms with Crippen LogP contribution in [-0.2, 0) is 0 Å². The van der Waals surface area contributed by atoms with E-state index in [0.717, 1.165) is 22.1 Å². The number of nitrogens with zero attached hydrogens (tertiary/aromatic N) is 3. The molecule has 2 aromatic heterocycles. The van der Waals surface area contributed by atoms with E-state index in [4.69, 9.17) is 15.0 Å². The fourth-order valence-electron chi connectivity index (χ4n) is 5.58. The van der Waals surface area contributed by atoms with Crippen LogP contribution < -0.4 is 0 Å². The number of rotatable bonds is 4. The van der Waals surface area contributed by atoms with Crippen molar-refractivity contribution in [3.05, 3.63) is 140 Å². The highest BCUT2D eigenvalue weighted by atomic mass is 32.1. The number of thiophene rings is 1. The van der Waals surface area contributed by atoms with Crippen LogP contribution in [0, 0.1) is 0 Å². The molecular formula is C37H23N3S. The van der Waals surface area contributed by atoms with Crippen LogP contribution in [0.4, 0.5) is 0 Å². The van der Waals surface area contributed by atoms with Crippen molar-refractivity contribution >= 4 is 42.3 Å². The fraction of sp³-hybridized carbons (Fsp3) is 0. The van der Waals surface area contributed by atoms with Crippen molar-refractivity contribution in [3.8, 4) is 45.3 Å². The van der Waals surface area contributed by atoms with E-state index in [9.17, 15) is 0 Å². The van der Waals surface area contributed by atoms with Gasteiger partial charge in [-0.25, -0.2) is 15.0 Å². The number of hydrogen-bond acceptors (Lipinski definition) is 4. The van der Waals surface area contributed by atoms with Crippen LogP contribution in [0.5, 0.6) is 0 Å². The average Bonchev–Trinajstić information content (AvgIpc) is 3.43. The molecule has 0 radical (unpaired) electrons. The van der Waals surface area contributed by atoms with Gasteiger partial charge in [0, 0.05) is 36.9 Å². The summed E-state index contributed by atoms with van der Waals surface area (Å²) in [6.07, 6.45) is 0. The number of hydrogen-bond donors (Lipinski definition) is 0. The SMILES string of the molecule is c1ccc(-c2nc(-c3ccc4sc5ccccc5c4c3)nc(-c3cccc4c(-c5ccccc5)cccc34)n2)cc1. The summed E-state index contributed by atoms with van der Waals surface area (Å²) in [6, 6.07) is 48.6. The first-order chi connectivity index (χ1) is 20.3. The van der Waals surface area contributed by atoms with Crippen molar-refractivity contribution in [2.75, 3.05) is 0 Å². The molecule has 0 aliphatic rings. The van der Waals surface area contributed by atoms with E-state index in [1.54, 1.807) is 0 Å². The molecule has 0 fully saturated rings. The second-order valence-corrected chi connectivity index (χ2v) is 11.1.